The summed E-state index contributed by atoms with van der Waals surface area (Å²) in [4.78, 5) is 26.6. The standard InChI is InChI=1S/C18H14Cl2N4O2/c19-11-5-6-15(13(20)8-11)21-18(26)10-7-16(25)24(9-10)17-12-3-1-2-4-14(12)22-23-17/h1-6,8,10H,7,9H2,(H,21,26)(H,22,23). The van der Waals surface area contributed by atoms with Crippen LogP contribution in [0.25, 0.3) is 10.9 Å². The highest BCUT2D eigenvalue weighted by Crippen LogP contribution is 2.31. The molecule has 132 valence electrons. The maximum atomic E-state index is 12.6. The molecule has 8 heteroatoms. The molecular weight excluding hydrogens is 375 g/mol. The van der Waals surface area contributed by atoms with Gasteiger partial charge in [0.15, 0.2) is 5.82 Å². The lowest BCUT2D eigenvalue weighted by atomic mass is 10.1. The first-order valence-corrected chi connectivity index (χ1v) is 8.78. The van der Waals surface area contributed by atoms with Crippen molar-refractivity contribution in [2.24, 2.45) is 5.92 Å². The maximum Gasteiger partial charge on any atom is 0.229 e. The van der Waals surface area contributed by atoms with Crippen molar-refractivity contribution in [3.8, 4) is 0 Å². The predicted molar refractivity (Wildman–Crippen MR) is 102 cm³/mol. The fourth-order valence-electron chi connectivity index (χ4n) is 3.07. The highest BCUT2D eigenvalue weighted by atomic mass is 35.5. The molecule has 0 saturated carbocycles. The highest BCUT2D eigenvalue weighted by Gasteiger charge is 2.37. The van der Waals surface area contributed by atoms with E-state index < -0.39 is 5.92 Å². The van der Waals surface area contributed by atoms with E-state index in [2.05, 4.69) is 15.5 Å². The van der Waals surface area contributed by atoms with Crippen LogP contribution in [0.5, 0.6) is 0 Å². The molecule has 0 aliphatic carbocycles. The number of carbonyl (C=O) groups excluding carboxylic acids is 2. The van der Waals surface area contributed by atoms with E-state index in [0.717, 1.165) is 10.9 Å². The second-order valence-electron chi connectivity index (χ2n) is 6.11. The summed E-state index contributed by atoms with van der Waals surface area (Å²) in [6, 6.07) is 12.4. The van der Waals surface area contributed by atoms with E-state index in [-0.39, 0.29) is 24.8 Å². The zero-order valence-corrected chi connectivity index (χ0v) is 15.0. The Labute approximate surface area is 159 Å². The van der Waals surface area contributed by atoms with Crippen LogP contribution in [0.1, 0.15) is 6.42 Å². The number of hydrogen-bond donors (Lipinski definition) is 2. The lowest BCUT2D eigenvalue weighted by Crippen LogP contribution is -2.28. The van der Waals surface area contributed by atoms with Gasteiger partial charge in [-0.05, 0) is 30.3 Å². The zero-order valence-electron chi connectivity index (χ0n) is 13.5. The number of halogens is 2. The predicted octanol–water partition coefficient (Wildman–Crippen LogP) is 3.86. The molecule has 2 heterocycles. The van der Waals surface area contributed by atoms with Gasteiger partial charge in [-0.15, -0.1) is 0 Å². The molecule has 1 aromatic heterocycles. The van der Waals surface area contributed by atoms with Gasteiger partial charge in [0.2, 0.25) is 11.8 Å². The lowest BCUT2D eigenvalue weighted by Gasteiger charge is -2.14. The Bertz CT molecular complexity index is 1020. The van der Waals surface area contributed by atoms with Gasteiger partial charge in [0.05, 0.1) is 22.1 Å². The van der Waals surface area contributed by atoms with Crippen molar-refractivity contribution >= 4 is 57.4 Å². The first-order valence-electron chi connectivity index (χ1n) is 8.02. The number of aromatic nitrogens is 2. The summed E-state index contributed by atoms with van der Waals surface area (Å²) in [5, 5.41) is 11.6. The van der Waals surface area contributed by atoms with Crippen molar-refractivity contribution in [1.29, 1.82) is 0 Å². The number of anilines is 2. The fraction of sp³-hybridized carbons (Fsp3) is 0.167. The van der Waals surface area contributed by atoms with Crippen LogP contribution in [0.4, 0.5) is 11.5 Å². The number of fused-ring (bicyclic) bond motifs is 1. The summed E-state index contributed by atoms with van der Waals surface area (Å²) >= 11 is 12.0. The van der Waals surface area contributed by atoms with Crippen LogP contribution < -0.4 is 10.2 Å². The van der Waals surface area contributed by atoms with Gasteiger partial charge in [0.25, 0.3) is 0 Å². The Kier molecular flexibility index (Phi) is 4.30. The Morgan fingerprint density at radius 2 is 2.04 bits per heavy atom. The van der Waals surface area contributed by atoms with Crippen molar-refractivity contribution in [2.75, 3.05) is 16.8 Å². The monoisotopic (exact) mass is 388 g/mol. The molecule has 1 unspecified atom stereocenters. The molecule has 2 aromatic carbocycles. The highest BCUT2D eigenvalue weighted by molar-refractivity contribution is 6.36. The number of H-pyrrole nitrogens is 1. The van der Waals surface area contributed by atoms with Crippen LogP contribution >= 0.6 is 23.2 Å². The van der Waals surface area contributed by atoms with Crippen molar-refractivity contribution in [1.82, 2.24) is 10.2 Å². The van der Waals surface area contributed by atoms with Gasteiger partial charge in [-0.2, -0.15) is 5.10 Å². The summed E-state index contributed by atoms with van der Waals surface area (Å²) in [6.07, 6.45) is 0.123. The van der Waals surface area contributed by atoms with Crippen LogP contribution in [0.3, 0.4) is 0 Å². The zero-order chi connectivity index (χ0) is 18.3. The van der Waals surface area contributed by atoms with E-state index in [0.29, 0.717) is 21.6 Å². The van der Waals surface area contributed by atoms with Crippen LogP contribution in [0.15, 0.2) is 42.5 Å². The summed E-state index contributed by atoms with van der Waals surface area (Å²) in [7, 11) is 0. The first-order chi connectivity index (χ1) is 12.5. The average Bonchev–Trinajstić information content (AvgIpc) is 3.20. The molecule has 2 amide bonds. The molecule has 1 fully saturated rings. The number of rotatable bonds is 3. The average molecular weight is 389 g/mol. The van der Waals surface area contributed by atoms with Crippen molar-refractivity contribution < 1.29 is 9.59 Å². The molecule has 1 aliphatic rings. The maximum absolute atomic E-state index is 12.6. The van der Waals surface area contributed by atoms with E-state index >= 15 is 0 Å². The molecular formula is C18H14Cl2N4O2. The molecule has 1 atom stereocenters. The van der Waals surface area contributed by atoms with Crippen molar-refractivity contribution in [2.45, 2.75) is 6.42 Å². The Morgan fingerprint density at radius 1 is 1.23 bits per heavy atom. The molecule has 0 bridgehead atoms. The van der Waals surface area contributed by atoms with Gasteiger partial charge in [-0.25, -0.2) is 0 Å². The Morgan fingerprint density at radius 3 is 2.85 bits per heavy atom. The van der Waals surface area contributed by atoms with Crippen LogP contribution in [-0.2, 0) is 9.59 Å². The summed E-state index contributed by atoms with van der Waals surface area (Å²) < 4.78 is 0. The minimum atomic E-state index is -0.482. The Hall–Kier alpha value is -2.57. The quantitative estimate of drug-likeness (QED) is 0.714. The number of amides is 2. The van der Waals surface area contributed by atoms with Gasteiger partial charge in [0.1, 0.15) is 0 Å². The van der Waals surface area contributed by atoms with Gasteiger partial charge < -0.3 is 5.32 Å². The molecule has 4 rings (SSSR count). The normalized spacial score (nSPS) is 17.1. The molecule has 6 nitrogen and oxygen atoms in total. The first kappa shape index (κ1) is 16.9. The number of carbonyl (C=O) groups is 2. The molecule has 1 saturated heterocycles. The molecule has 26 heavy (non-hydrogen) atoms. The molecule has 0 spiro atoms. The second-order valence-corrected chi connectivity index (χ2v) is 6.96. The van der Waals surface area contributed by atoms with Crippen LogP contribution in [0, 0.1) is 5.92 Å². The van der Waals surface area contributed by atoms with Crippen molar-refractivity contribution in [3.63, 3.8) is 0 Å². The molecule has 1 aliphatic heterocycles. The van der Waals surface area contributed by atoms with E-state index in [1.54, 1.807) is 23.1 Å². The van der Waals surface area contributed by atoms with Crippen LogP contribution in [-0.4, -0.2) is 28.6 Å². The number of nitrogens with zero attached hydrogens (tertiary/aromatic N) is 2. The number of hydrogen-bond acceptors (Lipinski definition) is 3. The summed E-state index contributed by atoms with van der Waals surface area (Å²) in [5.74, 6) is -0.329. The Balaban J connectivity index is 1.53. The number of nitrogens with one attached hydrogen (secondary N) is 2. The van der Waals surface area contributed by atoms with Gasteiger partial charge >= 0.3 is 0 Å². The molecule has 0 radical (unpaired) electrons. The number of aromatic amines is 1. The van der Waals surface area contributed by atoms with Gasteiger partial charge in [0, 0.05) is 23.4 Å². The SMILES string of the molecule is O=C(Nc1ccc(Cl)cc1Cl)C1CC(=O)N(c2n[nH]c3ccccc23)C1. The molecule has 3 aromatic rings. The summed E-state index contributed by atoms with van der Waals surface area (Å²) in [5.41, 5.74) is 1.31. The summed E-state index contributed by atoms with van der Waals surface area (Å²) in [6.45, 7) is 0.269. The third kappa shape index (κ3) is 3.02. The van der Waals surface area contributed by atoms with E-state index in [4.69, 9.17) is 23.2 Å². The van der Waals surface area contributed by atoms with Gasteiger partial charge in [-0.1, -0.05) is 35.3 Å². The minimum absolute atomic E-state index is 0.123. The lowest BCUT2D eigenvalue weighted by molar-refractivity contribution is -0.122. The van der Waals surface area contributed by atoms with Crippen molar-refractivity contribution in [3.05, 3.63) is 52.5 Å². The molecule has 2 N–H and O–H groups in total. The van der Waals surface area contributed by atoms with Gasteiger partial charge in [-0.3, -0.25) is 19.6 Å². The second kappa shape index (κ2) is 6.63. The third-order valence-corrected chi connectivity index (χ3v) is 4.94. The van der Waals surface area contributed by atoms with E-state index in [1.807, 2.05) is 24.3 Å². The van der Waals surface area contributed by atoms with E-state index in [9.17, 15) is 9.59 Å². The smallest absolute Gasteiger partial charge is 0.229 e. The van der Waals surface area contributed by atoms with E-state index in [1.165, 1.54) is 0 Å². The minimum Gasteiger partial charge on any atom is -0.324 e. The fourth-order valence-corrected chi connectivity index (χ4v) is 3.52. The number of benzene rings is 2. The van der Waals surface area contributed by atoms with Crippen LogP contribution in [0.2, 0.25) is 10.0 Å². The third-order valence-electron chi connectivity index (χ3n) is 4.39. The number of para-hydroxylation sites is 1. The largest absolute Gasteiger partial charge is 0.324 e. The topological polar surface area (TPSA) is 78.1 Å².